The van der Waals surface area contributed by atoms with Gasteiger partial charge in [-0.15, -0.1) is 0 Å². The summed E-state index contributed by atoms with van der Waals surface area (Å²) in [6, 6.07) is 12.5. The lowest BCUT2D eigenvalue weighted by Crippen LogP contribution is -2.42. The van der Waals surface area contributed by atoms with Crippen molar-refractivity contribution in [1.82, 2.24) is 19.9 Å². The minimum absolute atomic E-state index is 0.333. The maximum Gasteiger partial charge on any atom is 0.490 e. The number of halogens is 4. The number of ether oxygens (including phenoxy) is 1. The molecular weight excluding hydrogens is 682 g/mol. The molecule has 1 aliphatic heterocycles. The Morgan fingerprint density at radius 2 is 1.76 bits per heavy atom. The molecule has 0 amide bonds. The number of carboxylic acids is 1. The van der Waals surface area contributed by atoms with Crippen LogP contribution in [0.25, 0.3) is 10.9 Å². The minimum atomic E-state index is -5.08. The van der Waals surface area contributed by atoms with Crippen molar-refractivity contribution < 1.29 is 32.4 Å². The summed E-state index contributed by atoms with van der Waals surface area (Å²) >= 11 is 6.54. The van der Waals surface area contributed by atoms with Crippen LogP contribution in [0, 0.1) is 0 Å². The topological polar surface area (TPSA) is 133 Å². The lowest BCUT2D eigenvalue weighted by atomic mass is 10.0. The van der Waals surface area contributed by atoms with E-state index in [0.29, 0.717) is 39.6 Å². The normalized spacial score (nSPS) is 14.0. The number of aliphatic carboxylic acids is 1. The second kappa shape index (κ2) is 15.6. The van der Waals surface area contributed by atoms with Crippen LogP contribution in [0.5, 0.6) is 5.75 Å². The summed E-state index contributed by atoms with van der Waals surface area (Å²) in [4.78, 5) is 27.4. The van der Waals surface area contributed by atoms with Gasteiger partial charge in [0.2, 0.25) is 5.95 Å². The van der Waals surface area contributed by atoms with Gasteiger partial charge in [0.15, 0.2) is 5.82 Å². The Balaban J connectivity index is 0.000000698. The van der Waals surface area contributed by atoms with Crippen LogP contribution in [0.1, 0.15) is 25.3 Å². The first-order chi connectivity index (χ1) is 23.0. The molecule has 11 nitrogen and oxygen atoms in total. The zero-order valence-electron chi connectivity index (χ0n) is 28.1. The number of carboxylic acid groups (broad SMARTS) is 1. The van der Waals surface area contributed by atoms with Crippen LogP contribution in [-0.4, -0.2) is 90.8 Å². The highest BCUT2D eigenvalue weighted by Crippen LogP contribution is 2.42. The molecule has 1 aliphatic rings. The van der Waals surface area contributed by atoms with Crippen LogP contribution in [0.2, 0.25) is 5.02 Å². The number of piperidine rings is 1. The molecule has 2 aromatic heterocycles. The molecule has 0 radical (unpaired) electrons. The third-order valence-electron chi connectivity index (χ3n) is 8.09. The van der Waals surface area contributed by atoms with E-state index in [9.17, 15) is 17.7 Å². The fraction of sp³-hybridized carbons (Fsp3) is 0.394. The van der Waals surface area contributed by atoms with Crippen LogP contribution in [0.15, 0.2) is 48.8 Å². The number of nitrogens with zero attached hydrogens (tertiary/aromatic N) is 5. The van der Waals surface area contributed by atoms with E-state index >= 15 is 0 Å². The van der Waals surface area contributed by atoms with Gasteiger partial charge < -0.3 is 34.8 Å². The number of nitrogens with one attached hydrogen (secondary N) is 2. The largest absolute Gasteiger partial charge is 0.494 e. The molecule has 0 atom stereocenters. The molecule has 4 aromatic rings. The van der Waals surface area contributed by atoms with E-state index in [0.717, 1.165) is 48.9 Å². The van der Waals surface area contributed by atoms with Crippen LogP contribution in [0.3, 0.4) is 0 Å². The maximum atomic E-state index is 13.4. The van der Waals surface area contributed by atoms with E-state index in [-0.39, 0.29) is 0 Å². The lowest BCUT2D eigenvalue weighted by molar-refractivity contribution is -0.192. The highest BCUT2D eigenvalue weighted by Gasteiger charge is 2.38. The Morgan fingerprint density at radius 1 is 1.10 bits per heavy atom. The molecule has 0 unspecified atom stereocenters. The average Bonchev–Trinajstić information content (AvgIpc) is 3.05. The molecule has 3 N–H and O–H groups in total. The van der Waals surface area contributed by atoms with Gasteiger partial charge >= 0.3 is 12.1 Å². The summed E-state index contributed by atoms with van der Waals surface area (Å²) in [5.74, 6) is -1.30. The number of alkyl halides is 3. The zero-order valence-corrected chi connectivity index (χ0v) is 29.7. The smallest absolute Gasteiger partial charge is 0.490 e. The fourth-order valence-electron chi connectivity index (χ4n) is 5.64. The molecule has 0 spiro atoms. The molecule has 264 valence electrons. The number of carbonyl (C=O) groups is 1. The summed E-state index contributed by atoms with van der Waals surface area (Å²) in [6.45, 7) is 7.68. The molecule has 0 bridgehead atoms. The van der Waals surface area contributed by atoms with Crippen molar-refractivity contribution in [2.75, 3.05) is 63.2 Å². The summed E-state index contributed by atoms with van der Waals surface area (Å²) in [5.41, 5.74) is 4.58. The predicted molar refractivity (Wildman–Crippen MR) is 189 cm³/mol. The Bertz CT molecular complexity index is 1850. The molecule has 49 heavy (non-hydrogen) atoms. The van der Waals surface area contributed by atoms with Crippen molar-refractivity contribution in [3.05, 3.63) is 59.4 Å². The van der Waals surface area contributed by atoms with E-state index in [1.54, 1.807) is 32.8 Å². The standard InChI is InChI=1S/C31H39ClN7O2P.C2HF3O2/c1-7-20-16-25(28(41-4)17-27(20)39-14-12-21(13-15-39)38(2)3)36-31-34-18-23(32)30(37-31)35-26-19-33-24-11-9-8-10-22(24)29(26)42(5,6)40;3-2(4,5)1(6)7/h8-11,16-19,21H,7,12-15H2,1-6H3,(H2,34,35,36,37);(H,6,7). The van der Waals surface area contributed by atoms with E-state index in [1.165, 1.54) is 11.3 Å². The van der Waals surface area contributed by atoms with Gasteiger partial charge in [0.1, 0.15) is 17.9 Å². The molecule has 16 heteroatoms. The molecule has 2 aromatic carbocycles. The summed E-state index contributed by atoms with van der Waals surface area (Å²) in [6.07, 6.45) is 1.28. The number of hydrogen-bond donors (Lipinski definition) is 3. The van der Waals surface area contributed by atoms with Gasteiger partial charge in [0.25, 0.3) is 0 Å². The number of aryl methyl sites for hydroxylation is 1. The Morgan fingerprint density at radius 3 is 2.33 bits per heavy atom. The van der Waals surface area contributed by atoms with Crippen LogP contribution < -0.4 is 25.6 Å². The fourth-order valence-corrected chi connectivity index (χ4v) is 7.24. The highest BCUT2D eigenvalue weighted by molar-refractivity contribution is 7.71. The van der Waals surface area contributed by atoms with Crippen molar-refractivity contribution in [2.45, 2.75) is 38.4 Å². The van der Waals surface area contributed by atoms with Gasteiger partial charge in [-0.2, -0.15) is 18.2 Å². The monoisotopic (exact) mass is 721 g/mol. The summed E-state index contributed by atoms with van der Waals surface area (Å²) < 4.78 is 50.9. The quantitative estimate of drug-likeness (QED) is 0.152. The first-order valence-electron chi connectivity index (χ1n) is 15.5. The van der Waals surface area contributed by atoms with Crippen molar-refractivity contribution >= 4 is 69.7 Å². The van der Waals surface area contributed by atoms with Gasteiger partial charge in [-0.25, -0.2) is 9.78 Å². The molecule has 0 aliphatic carbocycles. The second-order valence-corrected chi connectivity index (χ2v) is 15.6. The van der Waals surface area contributed by atoms with Gasteiger partial charge in [-0.05, 0) is 64.4 Å². The van der Waals surface area contributed by atoms with Crippen LogP contribution in [-0.2, 0) is 15.8 Å². The van der Waals surface area contributed by atoms with Crippen molar-refractivity contribution in [3.8, 4) is 5.75 Å². The average molecular weight is 722 g/mol. The summed E-state index contributed by atoms with van der Waals surface area (Å²) in [5, 5.41) is 15.6. The molecule has 0 saturated carbocycles. The van der Waals surface area contributed by atoms with Gasteiger partial charge in [0, 0.05) is 41.6 Å². The number of hydrogen-bond acceptors (Lipinski definition) is 10. The Labute approximate surface area is 288 Å². The number of para-hydroxylation sites is 1. The number of fused-ring (bicyclic) bond motifs is 1. The van der Waals surface area contributed by atoms with E-state index in [4.69, 9.17) is 26.2 Å². The number of anilines is 5. The maximum absolute atomic E-state index is 13.4. The van der Waals surface area contributed by atoms with Crippen LogP contribution in [0.4, 0.5) is 42.0 Å². The van der Waals surface area contributed by atoms with Gasteiger partial charge in [-0.1, -0.05) is 36.7 Å². The molecule has 5 rings (SSSR count). The lowest BCUT2D eigenvalue weighted by Gasteiger charge is -2.37. The first-order valence-corrected chi connectivity index (χ1v) is 18.4. The molecule has 1 saturated heterocycles. The number of rotatable bonds is 9. The zero-order chi connectivity index (χ0) is 36.1. The van der Waals surface area contributed by atoms with Crippen molar-refractivity contribution in [3.63, 3.8) is 0 Å². The molecular formula is C33H40ClF3N7O4P. The molecule has 1 fully saturated rings. The van der Waals surface area contributed by atoms with Crippen molar-refractivity contribution in [2.24, 2.45) is 0 Å². The first kappa shape index (κ1) is 37.7. The highest BCUT2D eigenvalue weighted by atomic mass is 35.5. The number of methoxy groups -OCH3 is 1. The third-order valence-corrected chi connectivity index (χ3v) is 9.92. The van der Waals surface area contributed by atoms with Crippen molar-refractivity contribution in [1.29, 1.82) is 0 Å². The van der Waals surface area contributed by atoms with Gasteiger partial charge in [-0.3, -0.25) is 4.98 Å². The second-order valence-electron chi connectivity index (χ2n) is 12.0. The van der Waals surface area contributed by atoms with E-state index < -0.39 is 19.3 Å². The van der Waals surface area contributed by atoms with Crippen LogP contribution >= 0.6 is 18.7 Å². The molecule has 3 heterocycles. The predicted octanol–water partition coefficient (Wildman–Crippen LogP) is 7.15. The Hall–Kier alpha value is -4.13. The van der Waals surface area contributed by atoms with E-state index in [1.807, 2.05) is 24.3 Å². The number of benzene rings is 2. The SMILES string of the molecule is CCc1cc(Nc2ncc(Cl)c(Nc3cnc4ccccc4c3P(C)(C)=O)n2)c(OC)cc1N1CCC(N(C)C)CC1.O=C(O)C(F)(F)F. The third kappa shape index (κ3) is 9.31. The summed E-state index contributed by atoms with van der Waals surface area (Å²) in [7, 11) is 3.29. The van der Waals surface area contributed by atoms with E-state index in [2.05, 4.69) is 68.5 Å². The number of pyridine rings is 1. The van der Waals surface area contributed by atoms with Gasteiger partial charge in [0.05, 0.1) is 36.4 Å². The minimum Gasteiger partial charge on any atom is -0.494 e. The number of aromatic nitrogens is 3. The Kier molecular flexibility index (Phi) is 12.0.